The second kappa shape index (κ2) is 9.75. The molecule has 2 heterocycles. The summed E-state index contributed by atoms with van der Waals surface area (Å²) in [6.07, 6.45) is 2.34. The average molecular weight is 453 g/mol. The molecule has 1 fully saturated rings. The lowest BCUT2D eigenvalue weighted by atomic mass is 10.1. The van der Waals surface area contributed by atoms with Gasteiger partial charge in [0.1, 0.15) is 6.04 Å². The molecule has 0 aromatic heterocycles. The zero-order valence-corrected chi connectivity index (χ0v) is 19.2. The van der Waals surface area contributed by atoms with Crippen molar-refractivity contribution in [2.45, 2.75) is 12.5 Å². The van der Waals surface area contributed by atoms with Gasteiger partial charge in [-0.05, 0) is 61.9 Å². The first-order chi connectivity index (χ1) is 15.5. The third-order valence-electron chi connectivity index (χ3n) is 6.04. The number of hydrogen-bond acceptors (Lipinski definition) is 6. The van der Waals surface area contributed by atoms with Gasteiger partial charge in [0, 0.05) is 37.6 Å². The van der Waals surface area contributed by atoms with Gasteiger partial charge in [-0.15, -0.1) is 0 Å². The number of piperazine rings is 1. The maximum absolute atomic E-state index is 13.2. The van der Waals surface area contributed by atoms with E-state index in [2.05, 4.69) is 22.2 Å². The molecule has 0 saturated carbocycles. The summed E-state index contributed by atoms with van der Waals surface area (Å²) in [5.74, 6) is -0.496. The van der Waals surface area contributed by atoms with Crippen LogP contribution in [0.25, 0.3) is 0 Å². The normalized spacial score (nSPS) is 17.4. The van der Waals surface area contributed by atoms with Crippen LogP contribution in [0.2, 0.25) is 0 Å². The molecule has 0 aliphatic carbocycles. The molecule has 1 N–H and O–H groups in total. The highest BCUT2D eigenvalue weighted by atomic mass is 32.2. The minimum Gasteiger partial charge on any atom is -0.369 e. The highest BCUT2D eigenvalue weighted by molar-refractivity contribution is 7.98. The van der Waals surface area contributed by atoms with Crippen molar-refractivity contribution in [3.8, 4) is 0 Å². The standard InChI is InChI=1S/C24H28N4O3S/c1-26-12-14-27(15-13-26)18-9-7-17(8-10-18)25-22(29)21(11-16-32-2)28-23(30)19-5-3-4-6-20(19)24(28)31/h3-10,21H,11-16H2,1-2H3,(H,25,29). The predicted octanol–water partition coefficient (Wildman–Crippen LogP) is 2.79. The van der Waals surface area contributed by atoms with E-state index in [-0.39, 0.29) is 5.91 Å². The molecule has 168 valence electrons. The Morgan fingerprint density at radius 2 is 1.56 bits per heavy atom. The Kier molecular flexibility index (Phi) is 6.81. The molecule has 2 aliphatic rings. The number of carbonyl (C=O) groups is 3. The van der Waals surface area contributed by atoms with Crippen LogP contribution in [0.15, 0.2) is 48.5 Å². The monoisotopic (exact) mass is 452 g/mol. The molecular weight excluding hydrogens is 424 g/mol. The maximum Gasteiger partial charge on any atom is 0.262 e. The number of thioether (sulfide) groups is 1. The van der Waals surface area contributed by atoms with E-state index in [9.17, 15) is 14.4 Å². The van der Waals surface area contributed by atoms with E-state index in [1.165, 1.54) is 0 Å². The topological polar surface area (TPSA) is 73.0 Å². The molecular formula is C24H28N4O3S. The third-order valence-corrected chi connectivity index (χ3v) is 6.68. The Morgan fingerprint density at radius 3 is 2.12 bits per heavy atom. The number of likely N-dealkylation sites (N-methyl/N-ethyl adjacent to an activating group) is 1. The van der Waals surface area contributed by atoms with Gasteiger partial charge in [0.25, 0.3) is 11.8 Å². The van der Waals surface area contributed by atoms with Crippen LogP contribution >= 0.6 is 11.8 Å². The molecule has 1 unspecified atom stereocenters. The second-order valence-electron chi connectivity index (χ2n) is 8.15. The van der Waals surface area contributed by atoms with Crippen molar-refractivity contribution in [2.75, 3.05) is 55.5 Å². The van der Waals surface area contributed by atoms with Crippen molar-refractivity contribution >= 4 is 40.9 Å². The average Bonchev–Trinajstić information content (AvgIpc) is 3.06. The number of amides is 3. The van der Waals surface area contributed by atoms with Crippen molar-refractivity contribution in [3.05, 3.63) is 59.7 Å². The molecule has 2 aromatic carbocycles. The minimum atomic E-state index is -0.854. The van der Waals surface area contributed by atoms with Gasteiger partial charge in [-0.25, -0.2) is 0 Å². The lowest BCUT2D eigenvalue weighted by Gasteiger charge is -2.34. The van der Waals surface area contributed by atoms with Crippen molar-refractivity contribution in [1.82, 2.24) is 9.80 Å². The number of fused-ring (bicyclic) bond motifs is 1. The smallest absolute Gasteiger partial charge is 0.262 e. The van der Waals surface area contributed by atoms with Gasteiger partial charge in [0.05, 0.1) is 11.1 Å². The van der Waals surface area contributed by atoms with Crippen molar-refractivity contribution in [2.24, 2.45) is 0 Å². The summed E-state index contributed by atoms with van der Waals surface area (Å²) in [6, 6.07) is 13.6. The molecule has 3 amide bonds. The number of carbonyl (C=O) groups excluding carboxylic acids is 3. The molecule has 0 spiro atoms. The molecule has 32 heavy (non-hydrogen) atoms. The van der Waals surface area contributed by atoms with Gasteiger partial charge in [0.15, 0.2) is 0 Å². The van der Waals surface area contributed by atoms with Crippen LogP contribution in [0.1, 0.15) is 27.1 Å². The van der Waals surface area contributed by atoms with E-state index >= 15 is 0 Å². The Hall–Kier alpha value is -2.84. The van der Waals surface area contributed by atoms with Gasteiger partial charge in [-0.3, -0.25) is 19.3 Å². The molecule has 4 rings (SSSR count). The van der Waals surface area contributed by atoms with Crippen LogP contribution in [0, 0.1) is 0 Å². The SMILES string of the molecule is CSCCC(C(=O)Nc1ccc(N2CCN(C)CC2)cc1)N1C(=O)c2ccccc2C1=O. The van der Waals surface area contributed by atoms with Crippen molar-refractivity contribution < 1.29 is 14.4 Å². The van der Waals surface area contributed by atoms with Crippen LogP contribution in [-0.2, 0) is 4.79 Å². The Morgan fingerprint density at radius 1 is 0.969 bits per heavy atom. The molecule has 8 heteroatoms. The fourth-order valence-electron chi connectivity index (χ4n) is 4.14. The number of nitrogens with one attached hydrogen (secondary N) is 1. The molecule has 0 radical (unpaired) electrons. The van der Waals surface area contributed by atoms with E-state index < -0.39 is 17.9 Å². The summed E-state index contributed by atoms with van der Waals surface area (Å²) in [5.41, 5.74) is 2.49. The molecule has 2 aromatic rings. The number of imide groups is 1. The van der Waals surface area contributed by atoms with Crippen LogP contribution in [0.4, 0.5) is 11.4 Å². The molecule has 1 atom stereocenters. The van der Waals surface area contributed by atoms with Gasteiger partial charge >= 0.3 is 0 Å². The zero-order valence-electron chi connectivity index (χ0n) is 18.4. The summed E-state index contributed by atoms with van der Waals surface area (Å²) in [6.45, 7) is 3.99. The van der Waals surface area contributed by atoms with Gasteiger partial charge in [0.2, 0.25) is 5.91 Å². The van der Waals surface area contributed by atoms with Crippen LogP contribution in [0.5, 0.6) is 0 Å². The number of anilines is 2. The van der Waals surface area contributed by atoms with E-state index in [1.54, 1.807) is 36.0 Å². The van der Waals surface area contributed by atoms with Gasteiger partial charge < -0.3 is 15.1 Å². The van der Waals surface area contributed by atoms with E-state index in [1.807, 2.05) is 30.5 Å². The maximum atomic E-state index is 13.2. The van der Waals surface area contributed by atoms with E-state index in [0.717, 1.165) is 36.8 Å². The number of rotatable bonds is 7. The Bertz CT molecular complexity index is 968. The lowest BCUT2D eigenvalue weighted by molar-refractivity contribution is -0.120. The van der Waals surface area contributed by atoms with Crippen LogP contribution < -0.4 is 10.2 Å². The first-order valence-corrected chi connectivity index (χ1v) is 12.2. The van der Waals surface area contributed by atoms with E-state index in [4.69, 9.17) is 0 Å². The molecule has 2 aliphatic heterocycles. The summed E-state index contributed by atoms with van der Waals surface area (Å²) in [5, 5.41) is 2.91. The molecule has 0 bridgehead atoms. The first kappa shape index (κ1) is 22.4. The van der Waals surface area contributed by atoms with Crippen LogP contribution in [0.3, 0.4) is 0 Å². The number of hydrogen-bond donors (Lipinski definition) is 1. The largest absolute Gasteiger partial charge is 0.369 e. The highest BCUT2D eigenvalue weighted by Crippen LogP contribution is 2.27. The highest BCUT2D eigenvalue weighted by Gasteiger charge is 2.42. The Labute approximate surface area is 192 Å². The fraction of sp³-hybridized carbons (Fsp3) is 0.375. The molecule has 7 nitrogen and oxygen atoms in total. The van der Waals surface area contributed by atoms with E-state index in [0.29, 0.717) is 29.0 Å². The van der Waals surface area contributed by atoms with Crippen molar-refractivity contribution in [1.29, 1.82) is 0 Å². The van der Waals surface area contributed by atoms with Gasteiger partial charge in [-0.1, -0.05) is 12.1 Å². The number of benzene rings is 2. The third kappa shape index (κ3) is 4.52. The number of nitrogens with zero attached hydrogens (tertiary/aromatic N) is 3. The summed E-state index contributed by atoms with van der Waals surface area (Å²) in [7, 11) is 2.12. The molecule has 1 saturated heterocycles. The first-order valence-electron chi connectivity index (χ1n) is 10.8. The quantitative estimate of drug-likeness (QED) is 0.652. The van der Waals surface area contributed by atoms with Gasteiger partial charge in [-0.2, -0.15) is 11.8 Å². The summed E-state index contributed by atoms with van der Waals surface area (Å²) < 4.78 is 0. The summed E-state index contributed by atoms with van der Waals surface area (Å²) >= 11 is 1.58. The fourth-order valence-corrected chi connectivity index (χ4v) is 4.60. The predicted molar refractivity (Wildman–Crippen MR) is 129 cm³/mol. The van der Waals surface area contributed by atoms with Crippen LogP contribution in [-0.4, -0.2) is 78.8 Å². The van der Waals surface area contributed by atoms with Crippen molar-refractivity contribution in [3.63, 3.8) is 0 Å². The Balaban J connectivity index is 1.48. The minimum absolute atomic E-state index is 0.346. The summed E-state index contributed by atoms with van der Waals surface area (Å²) in [4.78, 5) is 44.8. The zero-order chi connectivity index (χ0) is 22.7. The lowest BCUT2D eigenvalue weighted by Crippen LogP contribution is -2.47. The second-order valence-corrected chi connectivity index (χ2v) is 9.14.